The summed E-state index contributed by atoms with van der Waals surface area (Å²) in [6, 6.07) is 14.0. The maximum absolute atomic E-state index is 6.32. The predicted octanol–water partition coefficient (Wildman–Crippen LogP) is 2.68. The number of hydrogen-bond acceptors (Lipinski definition) is 3. The molecule has 1 aliphatic heterocycles. The van der Waals surface area contributed by atoms with Crippen molar-refractivity contribution in [3.63, 3.8) is 0 Å². The SMILES string of the molecule is COc1ccc(C(N)c2ccc3c(c2)CCO3)cc1. The molecule has 0 spiro atoms. The maximum atomic E-state index is 6.32. The zero-order valence-electron chi connectivity index (χ0n) is 10.9. The van der Waals surface area contributed by atoms with E-state index >= 15 is 0 Å². The van der Waals surface area contributed by atoms with E-state index in [9.17, 15) is 0 Å². The molecule has 0 fully saturated rings. The summed E-state index contributed by atoms with van der Waals surface area (Å²) in [6.07, 6.45) is 0.971. The van der Waals surface area contributed by atoms with Crippen molar-refractivity contribution in [2.75, 3.05) is 13.7 Å². The highest BCUT2D eigenvalue weighted by molar-refractivity contribution is 5.43. The third kappa shape index (κ3) is 2.29. The lowest BCUT2D eigenvalue weighted by atomic mass is 9.97. The van der Waals surface area contributed by atoms with Gasteiger partial charge in [-0.15, -0.1) is 0 Å². The van der Waals surface area contributed by atoms with E-state index in [0.29, 0.717) is 0 Å². The van der Waals surface area contributed by atoms with Crippen LogP contribution in [0.5, 0.6) is 11.5 Å². The fourth-order valence-electron chi connectivity index (χ4n) is 2.40. The Morgan fingerprint density at radius 3 is 2.58 bits per heavy atom. The number of fused-ring (bicyclic) bond motifs is 1. The fraction of sp³-hybridized carbons (Fsp3) is 0.250. The molecule has 0 saturated heterocycles. The summed E-state index contributed by atoms with van der Waals surface area (Å²) in [6.45, 7) is 0.774. The zero-order valence-corrected chi connectivity index (χ0v) is 10.9. The molecule has 3 heteroatoms. The van der Waals surface area contributed by atoms with Crippen LogP contribution < -0.4 is 15.2 Å². The summed E-state index contributed by atoms with van der Waals surface area (Å²) in [4.78, 5) is 0. The standard InChI is InChI=1S/C16H17NO2/c1-18-14-5-2-11(3-6-14)16(17)13-4-7-15-12(10-13)8-9-19-15/h2-7,10,16H,8-9,17H2,1H3. The molecule has 2 N–H and O–H groups in total. The topological polar surface area (TPSA) is 44.5 Å². The molecule has 0 bridgehead atoms. The monoisotopic (exact) mass is 255 g/mol. The van der Waals surface area contributed by atoms with Gasteiger partial charge in [0.05, 0.1) is 19.8 Å². The molecule has 0 radical (unpaired) electrons. The van der Waals surface area contributed by atoms with Crippen LogP contribution in [0.1, 0.15) is 22.7 Å². The summed E-state index contributed by atoms with van der Waals surface area (Å²) in [5.41, 5.74) is 9.77. The van der Waals surface area contributed by atoms with Crippen molar-refractivity contribution in [3.05, 3.63) is 59.2 Å². The van der Waals surface area contributed by atoms with Gasteiger partial charge in [-0.25, -0.2) is 0 Å². The Morgan fingerprint density at radius 2 is 1.84 bits per heavy atom. The first kappa shape index (κ1) is 12.1. The molecule has 0 aromatic heterocycles. The average molecular weight is 255 g/mol. The van der Waals surface area contributed by atoms with Gasteiger partial charge in [-0.05, 0) is 34.9 Å². The molecule has 0 amide bonds. The minimum atomic E-state index is -0.114. The van der Waals surface area contributed by atoms with Crippen LogP contribution in [-0.4, -0.2) is 13.7 Å². The van der Waals surface area contributed by atoms with Crippen LogP contribution in [0.25, 0.3) is 0 Å². The van der Waals surface area contributed by atoms with Crippen molar-refractivity contribution < 1.29 is 9.47 Å². The number of nitrogens with two attached hydrogens (primary N) is 1. The van der Waals surface area contributed by atoms with Crippen molar-refractivity contribution in [2.45, 2.75) is 12.5 Å². The molecule has 3 rings (SSSR count). The molecule has 1 aliphatic rings. The quantitative estimate of drug-likeness (QED) is 0.917. The van der Waals surface area contributed by atoms with Crippen molar-refractivity contribution in [2.24, 2.45) is 5.73 Å². The number of benzene rings is 2. The smallest absolute Gasteiger partial charge is 0.122 e. The molecule has 1 heterocycles. The predicted molar refractivity (Wildman–Crippen MR) is 74.7 cm³/mol. The van der Waals surface area contributed by atoms with Crippen molar-refractivity contribution in [1.82, 2.24) is 0 Å². The highest BCUT2D eigenvalue weighted by Crippen LogP contribution is 2.30. The van der Waals surface area contributed by atoms with Gasteiger partial charge in [-0.1, -0.05) is 24.3 Å². The van der Waals surface area contributed by atoms with E-state index in [1.807, 2.05) is 36.4 Å². The van der Waals surface area contributed by atoms with Crippen molar-refractivity contribution in [1.29, 1.82) is 0 Å². The third-order valence-corrected chi connectivity index (χ3v) is 3.55. The first-order valence-electron chi connectivity index (χ1n) is 6.43. The lowest BCUT2D eigenvalue weighted by Gasteiger charge is -2.14. The Balaban J connectivity index is 1.88. The molecule has 0 aliphatic carbocycles. The molecule has 98 valence electrons. The average Bonchev–Trinajstić information content (AvgIpc) is 2.94. The molecule has 3 nitrogen and oxygen atoms in total. The molecule has 2 aromatic rings. The molecule has 1 unspecified atom stereocenters. The normalized spacial score (nSPS) is 14.6. The minimum Gasteiger partial charge on any atom is -0.497 e. The van der Waals surface area contributed by atoms with Gasteiger partial charge in [-0.2, -0.15) is 0 Å². The van der Waals surface area contributed by atoms with Gasteiger partial charge >= 0.3 is 0 Å². The lowest BCUT2D eigenvalue weighted by molar-refractivity contribution is 0.357. The number of rotatable bonds is 3. The summed E-state index contributed by atoms with van der Waals surface area (Å²) in [7, 11) is 1.66. The summed E-state index contributed by atoms with van der Waals surface area (Å²) >= 11 is 0. The van der Waals surface area contributed by atoms with Crippen LogP contribution in [-0.2, 0) is 6.42 Å². The second-order valence-electron chi connectivity index (χ2n) is 4.72. The van der Waals surface area contributed by atoms with Gasteiger partial charge in [-0.3, -0.25) is 0 Å². The maximum Gasteiger partial charge on any atom is 0.122 e. The molecule has 2 aromatic carbocycles. The second kappa shape index (κ2) is 4.94. The minimum absolute atomic E-state index is 0.114. The van der Waals surface area contributed by atoms with Gasteiger partial charge in [0.2, 0.25) is 0 Å². The van der Waals surface area contributed by atoms with E-state index in [2.05, 4.69) is 6.07 Å². The molecule has 0 saturated carbocycles. The van der Waals surface area contributed by atoms with Crippen molar-refractivity contribution >= 4 is 0 Å². The Kier molecular flexibility index (Phi) is 3.13. The van der Waals surface area contributed by atoms with Gasteiger partial charge < -0.3 is 15.2 Å². The second-order valence-corrected chi connectivity index (χ2v) is 4.72. The third-order valence-electron chi connectivity index (χ3n) is 3.55. The molecular weight excluding hydrogens is 238 g/mol. The van der Waals surface area contributed by atoms with Crippen LogP contribution in [0.3, 0.4) is 0 Å². The van der Waals surface area contributed by atoms with Gasteiger partial charge in [0, 0.05) is 6.42 Å². The molecule has 1 atom stereocenters. The Hall–Kier alpha value is -2.00. The van der Waals surface area contributed by atoms with E-state index in [4.69, 9.17) is 15.2 Å². The van der Waals surface area contributed by atoms with Crippen LogP contribution in [0, 0.1) is 0 Å². The zero-order chi connectivity index (χ0) is 13.2. The molecule has 19 heavy (non-hydrogen) atoms. The van der Waals surface area contributed by atoms with Crippen LogP contribution in [0.2, 0.25) is 0 Å². The fourth-order valence-corrected chi connectivity index (χ4v) is 2.40. The number of methoxy groups -OCH3 is 1. The highest BCUT2D eigenvalue weighted by Gasteiger charge is 2.15. The van der Waals surface area contributed by atoms with E-state index in [1.54, 1.807) is 7.11 Å². The van der Waals surface area contributed by atoms with E-state index < -0.39 is 0 Å². The number of ether oxygens (including phenoxy) is 2. The van der Waals surface area contributed by atoms with E-state index in [-0.39, 0.29) is 6.04 Å². The van der Waals surface area contributed by atoms with Crippen LogP contribution in [0.4, 0.5) is 0 Å². The summed E-state index contributed by atoms with van der Waals surface area (Å²) < 4.78 is 10.7. The molecular formula is C16H17NO2. The van der Waals surface area contributed by atoms with Crippen molar-refractivity contribution in [3.8, 4) is 11.5 Å². The summed E-state index contributed by atoms with van der Waals surface area (Å²) in [5.74, 6) is 1.84. The van der Waals surface area contributed by atoms with Gasteiger partial charge in [0.25, 0.3) is 0 Å². The largest absolute Gasteiger partial charge is 0.497 e. The number of hydrogen-bond donors (Lipinski definition) is 1. The van der Waals surface area contributed by atoms with Crippen LogP contribution >= 0.6 is 0 Å². The Bertz CT molecular complexity index is 578. The van der Waals surface area contributed by atoms with E-state index in [1.165, 1.54) is 5.56 Å². The van der Waals surface area contributed by atoms with Crippen LogP contribution in [0.15, 0.2) is 42.5 Å². The van der Waals surface area contributed by atoms with Gasteiger partial charge in [0.1, 0.15) is 11.5 Å². The highest BCUT2D eigenvalue weighted by atomic mass is 16.5. The summed E-state index contributed by atoms with van der Waals surface area (Å²) in [5, 5.41) is 0. The first-order valence-corrected chi connectivity index (χ1v) is 6.43. The van der Waals surface area contributed by atoms with E-state index in [0.717, 1.165) is 35.7 Å². The Labute approximate surface area is 113 Å². The first-order chi connectivity index (χ1) is 9.28. The van der Waals surface area contributed by atoms with Gasteiger partial charge in [0.15, 0.2) is 0 Å². The lowest BCUT2D eigenvalue weighted by Crippen LogP contribution is -2.11. The Morgan fingerprint density at radius 1 is 1.11 bits per heavy atom.